The van der Waals surface area contributed by atoms with Gasteiger partial charge in [-0.3, -0.25) is 9.48 Å². The first-order valence-electron chi connectivity index (χ1n) is 7.54. The van der Waals surface area contributed by atoms with E-state index in [-0.39, 0.29) is 17.6 Å². The van der Waals surface area contributed by atoms with Gasteiger partial charge in [-0.2, -0.15) is 5.10 Å². The van der Waals surface area contributed by atoms with E-state index in [2.05, 4.69) is 15.6 Å². The predicted molar refractivity (Wildman–Crippen MR) is 80.6 cm³/mol. The van der Waals surface area contributed by atoms with Gasteiger partial charge in [-0.05, 0) is 31.4 Å². The third kappa shape index (κ3) is 2.44. The van der Waals surface area contributed by atoms with Crippen molar-refractivity contribution in [3.05, 3.63) is 47.6 Å². The molecule has 0 aromatic carbocycles. The van der Waals surface area contributed by atoms with Crippen molar-refractivity contribution in [3.8, 4) is 11.5 Å². The van der Waals surface area contributed by atoms with Gasteiger partial charge < -0.3 is 14.3 Å². The van der Waals surface area contributed by atoms with E-state index in [0.29, 0.717) is 11.5 Å². The fraction of sp³-hybridized carbons (Fsp3) is 0.312. The SMILES string of the molecule is Cn1ncc2c1CCCC2NC(=O)c1cc(-c2ccco2)on1. The number of fused-ring (bicyclic) bond motifs is 1. The molecule has 3 aromatic rings. The number of aryl methyl sites for hydroxylation is 1. The van der Waals surface area contributed by atoms with E-state index in [0.717, 1.165) is 24.8 Å². The van der Waals surface area contributed by atoms with Gasteiger partial charge in [0.15, 0.2) is 11.5 Å². The molecule has 7 heteroatoms. The summed E-state index contributed by atoms with van der Waals surface area (Å²) in [4.78, 5) is 12.4. The molecule has 1 N–H and O–H groups in total. The number of amides is 1. The maximum atomic E-state index is 12.4. The van der Waals surface area contributed by atoms with Gasteiger partial charge in [-0.15, -0.1) is 0 Å². The number of aromatic nitrogens is 3. The minimum Gasteiger partial charge on any atom is -0.461 e. The molecule has 118 valence electrons. The van der Waals surface area contributed by atoms with Gasteiger partial charge in [0.25, 0.3) is 5.91 Å². The summed E-state index contributed by atoms with van der Waals surface area (Å²) in [6.07, 6.45) is 6.28. The number of nitrogens with zero attached hydrogens (tertiary/aromatic N) is 3. The number of hydrogen-bond donors (Lipinski definition) is 1. The summed E-state index contributed by atoms with van der Waals surface area (Å²) in [7, 11) is 1.93. The van der Waals surface area contributed by atoms with Crippen molar-refractivity contribution in [1.82, 2.24) is 20.3 Å². The van der Waals surface area contributed by atoms with Crippen LogP contribution in [0.2, 0.25) is 0 Å². The van der Waals surface area contributed by atoms with Crippen molar-refractivity contribution in [2.75, 3.05) is 0 Å². The summed E-state index contributed by atoms with van der Waals surface area (Å²) in [6.45, 7) is 0. The molecule has 1 unspecified atom stereocenters. The van der Waals surface area contributed by atoms with Crippen LogP contribution >= 0.6 is 0 Å². The number of nitrogens with one attached hydrogen (secondary N) is 1. The Labute approximate surface area is 132 Å². The molecule has 4 rings (SSSR count). The lowest BCUT2D eigenvalue weighted by molar-refractivity contribution is 0.0923. The van der Waals surface area contributed by atoms with Gasteiger partial charge >= 0.3 is 0 Å². The summed E-state index contributed by atoms with van der Waals surface area (Å²) in [6, 6.07) is 5.05. The Morgan fingerprint density at radius 1 is 1.43 bits per heavy atom. The monoisotopic (exact) mass is 312 g/mol. The van der Waals surface area contributed by atoms with Crippen molar-refractivity contribution in [2.24, 2.45) is 7.05 Å². The summed E-state index contributed by atoms with van der Waals surface area (Å²) in [5, 5.41) is 11.1. The Kier molecular flexibility index (Phi) is 3.25. The van der Waals surface area contributed by atoms with Crippen molar-refractivity contribution in [1.29, 1.82) is 0 Å². The Morgan fingerprint density at radius 2 is 2.35 bits per heavy atom. The zero-order valence-electron chi connectivity index (χ0n) is 12.7. The molecule has 0 aliphatic heterocycles. The molecular formula is C16H16N4O3. The normalized spacial score (nSPS) is 17.0. The molecule has 0 spiro atoms. The second-order valence-electron chi connectivity index (χ2n) is 5.64. The van der Waals surface area contributed by atoms with Gasteiger partial charge in [-0.1, -0.05) is 5.16 Å². The topological polar surface area (TPSA) is 86.1 Å². The average molecular weight is 312 g/mol. The lowest BCUT2D eigenvalue weighted by atomic mass is 9.93. The third-order valence-corrected chi connectivity index (χ3v) is 4.19. The first kappa shape index (κ1) is 13.8. The third-order valence-electron chi connectivity index (χ3n) is 4.19. The van der Waals surface area contributed by atoms with E-state index in [1.54, 1.807) is 24.5 Å². The molecule has 3 aromatic heterocycles. The van der Waals surface area contributed by atoms with Crippen LogP contribution in [0, 0.1) is 0 Å². The van der Waals surface area contributed by atoms with Crippen LogP contribution in [0.3, 0.4) is 0 Å². The van der Waals surface area contributed by atoms with Crippen LogP contribution in [0.15, 0.2) is 39.6 Å². The molecule has 1 aliphatic rings. The molecule has 0 saturated carbocycles. The minimum absolute atomic E-state index is 0.0382. The number of hydrogen-bond acceptors (Lipinski definition) is 5. The highest BCUT2D eigenvalue weighted by Gasteiger charge is 2.26. The van der Waals surface area contributed by atoms with Crippen molar-refractivity contribution < 1.29 is 13.7 Å². The van der Waals surface area contributed by atoms with Crippen molar-refractivity contribution in [3.63, 3.8) is 0 Å². The molecular weight excluding hydrogens is 296 g/mol. The van der Waals surface area contributed by atoms with Crippen LogP contribution in [-0.4, -0.2) is 20.8 Å². The molecule has 7 nitrogen and oxygen atoms in total. The van der Waals surface area contributed by atoms with Gasteiger partial charge in [0.05, 0.1) is 18.5 Å². The quantitative estimate of drug-likeness (QED) is 0.803. The molecule has 0 radical (unpaired) electrons. The van der Waals surface area contributed by atoms with Crippen LogP contribution in [0.5, 0.6) is 0 Å². The lowest BCUT2D eigenvalue weighted by Gasteiger charge is -2.23. The van der Waals surface area contributed by atoms with E-state index >= 15 is 0 Å². The predicted octanol–water partition coefficient (Wildman–Crippen LogP) is 2.48. The smallest absolute Gasteiger partial charge is 0.273 e. The first-order chi connectivity index (χ1) is 11.2. The van der Waals surface area contributed by atoms with Crippen molar-refractivity contribution in [2.45, 2.75) is 25.3 Å². The standard InChI is InChI=1S/C16H16N4O3/c1-20-13-5-2-4-11(10(13)9-17-20)18-16(21)12-8-15(23-19-12)14-6-3-7-22-14/h3,6-9,11H,2,4-5H2,1H3,(H,18,21). The van der Waals surface area contributed by atoms with Gasteiger partial charge in [-0.25, -0.2) is 0 Å². The Bertz CT molecular complexity index is 832. The van der Waals surface area contributed by atoms with Crippen LogP contribution < -0.4 is 5.32 Å². The van der Waals surface area contributed by atoms with Gasteiger partial charge in [0.2, 0.25) is 5.76 Å². The number of furan rings is 1. The number of carbonyl (C=O) groups is 1. The highest BCUT2D eigenvalue weighted by molar-refractivity contribution is 5.93. The van der Waals surface area contributed by atoms with Crippen LogP contribution in [0.25, 0.3) is 11.5 Å². The molecule has 1 amide bonds. The van der Waals surface area contributed by atoms with Crippen LogP contribution in [0.1, 0.15) is 40.6 Å². The second-order valence-corrected chi connectivity index (χ2v) is 5.64. The molecule has 0 bridgehead atoms. The lowest BCUT2D eigenvalue weighted by Crippen LogP contribution is -2.31. The Balaban J connectivity index is 1.53. The fourth-order valence-electron chi connectivity index (χ4n) is 3.01. The maximum absolute atomic E-state index is 12.4. The molecule has 23 heavy (non-hydrogen) atoms. The van der Waals surface area contributed by atoms with E-state index in [1.165, 1.54) is 5.69 Å². The molecule has 0 fully saturated rings. The van der Waals surface area contributed by atoms with E-state index in [1.807, 2.05) is 17.9 Å². The molecule has 0 saturated heterocycles. The molecule has 3 heterocycles. The van der Waals surface area contributed by atoms with Crippen LogP contribution in [-0.2, 0) is 13.5 Å². The van der Waals surface area contributed by atoms with E-state index in [9.17, 15) is 4.79 Å². The first-order valence-corrected chi connectivity index (χ1v) is 7.54. The van der Waals surface area contributed by atoms with Crippen molar-refractivity contribution >= 4 is 5.91 Å². The zero-order valence-corrected chi connectivity index (χ0v) is 12.7. The minimum atomic E-state index is -0.256. The highest BCUT2D eigenvalue weighted by Crippen LogP contribution is 2.29. The Hall–Kier alpha value is -2.83. The fourth-order valence-corrected chi connectivity index (χ4v) is 3.01. The zero-order chi connectivity index (χ0) is 15.8. The average Bonchev–Trinajstić information content (AvgIpc) is 3.28. The van der Waals surface area contributed by atoms with Gasteiger partial charge in [0, 0.05) is 24.4 Å². The Morgan fingerprint density at radius 3 is 3.17 bits per heavy atom. The number of rotatable bonds is 3. The maximum Gasteiger partial charge on any atom is 0.273 e. The van der Waals surface area contributed by atoms with E-state index < -0.39 is 0 Å². The summed E-state index contributed by atoms with van der Waals surface area (Å²) in [5.74, 6) is 0.725. The summed E-state index contributed by atoms with van der Waals surface area (Å²) >= 11 is 0. The second kappa shape index (κ2) is 5.42. The van der Waals surface area contributed by atoms with Gasteiger partial charge in [0.1, 0.15) is 0 Å². The number of carbonyl (C=O) groups excluding carboxylic acids is 1. The molecule has 1 aliphatic carbocycles. The van der Waals surface area contributed by atoms with Crippen LogP contribution in [0.4, 0.5) is 0 Å². The largest absolute Gasteiger partial charge is 0.461 e. The summed E-state index contributed by atoms with van der Waals surface area (Å²) in [5.41, 5.74) is 2.51. The van der Waals surface area contributed by atoms with E-state index in [4.69, 9.17) is 8.94 Å². The highest BCUT2D eigenvalue weighted by atomic mass is 16.5. The summed E-state index contributed by atoms with van der Waals surface area (Å²) < 4.78 is 12.3. The molecule has 1 atom stereocenters.